The lowest BCUT2D eigenvalue weighted by molar-refractivity contribution is -0.0334. The van der Waals surface area contributed by atoms with Crippen LogP contribution in [-0.2, 0) is 4.74 Å². The molecule has 0 spiro atoms. The second-order valence-corrected chi connectivity index (χ2v) is 8.08. The van der Waals surface area contributed by atoms with Gasteiger partial charge in [-0.05, 0) is 36.9 Å². The van der Waals surface area contributed by atoms with Gasteiger partial charge in [0, 0.05) is 38.1 Å². The number of rotatable bonds is 9. The molecule has 1 aromatic heterocycles. The highest BCUT2D eigenvalue weighted by atomic mass is 32.1. The molecule has 158 valence electrons. The number of nitrogens with one attached hydrogen (secondary N) is 2. The zero-order chi connectivity index (χ0) is 20.3. The van der Waals surface area contributed by atoms with Gasteiger partial charge in [-0.1, -0.05) is 24.3 Å². The number of morpholine rings is 1. The van der Waals surface area contributed by atoms with E-state index >= 15 is 0 Å². The SMILES string of the molecule is CN=C(NCCCOc1ccccc1)NCC(c1cccs1)N1CCOC(C)C1. The van der Waals surface area contributed by atoms with E-state index in [1.54, 1.807) is 0 Å². The Morgan fingerprint density at radius 2 is 2.14 bits per heavy atom. The molecule has 2 heterocycles. The molecule has 1 aliphatic rings. The van der Waals surface area contributed by atoms with E-state index < -0.39 is 0 Å². The molecule has 7 heteroatoms. The van der Waals surface area contributed by atoms with E-state index in [9.17, 15) is 0 Å². The Labute approximate surface area is 177 Å². The van der Waals surface area contributed by atoms with Gasteiger partial charge in [0.1, 0.15) is 5.75 Å². The maximum absolute atomic E-state index is 5.74. The van der Waals surface area contributed by atoms with Crippen molar-refractivity contribution in [1.29, 1.82) is 0 Å². The van der Waals surface area contributed by atoms with Crippen molar-refractivity contribution in [3.8, 4) is 5.75 Å². The Bertz CT molecular complexity index is 724. The van der Waals surface area contributed by atoms with Crippen molar-refractivity contribution in [2.45, 2.75) is 25.5 Å². The van der Waals surface area contributed by atoms with Crippen molar-refractivity contribution in [2.24, 2.45) is 4.99 Å². The van der Waals surface area contributed by atoms with Crippen LogP contribution in [0.2, 0.25) is 0 Å². The molecule has 0 radical (unpaired) electrons. The molecule has 6 nitrogen and oxygen atoms in total. The summed E-state index contributed by atoms with van der Waals surface area (Å²) in [4.78, 5) is 8.25. The van der Waals surface area contributed by atoms with E-state index in [-0.39, 0.29) is 6.10 Å². The molecule has 1 aromatic carbocycles. The van der Waals surface area contributed by atoms with Gasteiger partial charge in [-0.15, -0.1) is 11.3 Å². The Kier molecular flexibility index (Phi) is 8.80. The molecule has 29 heavy (non-hydrogen) atoms. The molecule has 0 bridgehead atoms. The summed E-state index contributed by atoms with van der Waals surface area (Å²) in [7, 11) is 1.81. The van der Waals surface area contributed by atoms with Crippen LogP contribution in [0.25, 0.3) is 0 Å². The molecule has 1 fully saturated rings. The van der Waals surface area contributed by atoms with Crippen LogP contribution in [0.1, 0.15) is 24.3 Å². The van der Waals surface area contributed by atoms with Crippen LogP contribution >= 0.6 is 11.3 Å². The number of guanidine groups is 1. The molecule has 1 aliphatic heterocycles. The molecule has 3 rings (SSSR count). The predicted octanol–water partition coefficient (Wildman–Crippen LogP) is 3.14. The summed E-state index contributed by atoms with van der Waals surface area (Å²) >= 11 is 1.81. The number of hydrogen-bond acceptors (Lipinski definition) is 5. The molecule has 2 aromatic rings. The minimum atomic E-state index is 0.272. The van der Waals surface area contributed by atoms with E-state index in [1.807, 2.05) is 48.7 Å². The smallest absolute Gasteiger partial charge is 0.191 e. The Morgan fingerprint density at radius 1 is 1.28 bits per heavy atom. The summed E-state index contributed by atoms with van der Waals surface area (Å²) in [5.74, 6) is 1.74. The average molecular weight is 417 g/mol. The van der Waals surface area contributed by atoms with Gasteiger partial charge in [-0.25, -0.2) is 0 Å². The Balaban J connectivity index is 1.43. The van der Waals surface area contributed by atoms with Crippen molar-refractivity contribution >= 4 is 17.3 Å². The fourth-order valence-corrected chi connectivity index (χ4v) is 4.28. The summed E-state index contributed by atoms with van der Waals surface area (Å²) < 4.78 is 11.5. The first-order chi connectivity index (χ1) is 14.3. The second-order valence-electron chi connectivity index (χ2n) is 7.10. The molecule has 0 amide bonds. The van der Waals surface area contributed by atoms with Gasteiger partial charge in [0.25, 0.3) is 0 Å². The third kappa shape index (κ3) is 7.03. The number of benzene rings is 1. The summed E-state index contributed by atoms with van der Waals surface area (Å²) in [6, 6.07) is 14.6. The van der Waals surface area contributed by atoms with Gasteiger partial charge >= 0.3 is 0 Å². The largest absolute Gasteiger partial charge is 0.494 e. The number of nitrogens with zero attached hydrogens (tertiary/aromatic N) is 2. The van der Waals surface area contributed by atoms with Crippen LogP contribution in [0, 0.1) is 0 Å². The lowest BCUT2D eigenvalue weighted by atomic mass is 10.1. The maximum Gasteiger partial charge on any atom is 0.191 e. The fraction of sp³-hybridized carbons (Fsp3) is 0.500. The molecular weight excluding hydrogens is 384 g/mol. The number of hydrogen-bond donors (Lipinski definition) is 2. The summed E-state index contributed by atoms with van der Waals surface area (Å²) in [6.07, 6.45) is 1.18. The van der Waals surface area contributed by atoms with Crippen LogP contribution in [-0.4, -0.2) is 63.4 Å². The zero-order valence-corrected chi connectivity index (χ0v) is 18.2. The number of aliphatic imine (C=N–C) groups is 1. The van der Waals surface area contributed by atoms with Crippen LogP contribution in [0.3, 0.4) is 0 Å². The number of para-hydroxylation sites is 1. The average Bonchev–Trinajstić information content (AvgIpc) is 3.27. The molecule has 0 saturated carbocycles. The number of thiophene rings is 1. The quantitative estimate of drug-likeness (QED) is 0.374. The first-order valence-electron chi connectivity index (χ1n) is 10.3. The minimum Gasteiger partial charge on any atom is -0.494 e. The first kappa shape index (κ1) is 21.6. The lowest BCUT2D eigenvalue weighted by Gasteiger charge is -2.37. The molecule has 1 saturated heterocycles. The van der Waals surface area contributed by atoms with E-state index in [0.29, 0.717) is 12.6 Å². The van der Waals surface area contributed by atoms with Crippen molar-refractivity contribution < 1.29 is 9.47 Å². The third-order valence-electron chi connectivity index (χ3n) is 4.90. The van der Waals surface area contributed by atoms with Crippen molar-refractivity contribution in [3.63, 3.8) is 0 Å². The summed E-state index contributed by atoms with van der Waals surface area (Å²) in [5, 5.41) is 9.03. The Morgan fingerprint density at radius 3 is 2.86 bits per heavy atom. The standard InChI is InChI=1S/C22H32N4O2S/c1-18-17-26(12-14-27-18)20(21-10-6-15-29-21)16-25-22(23-2)24-11-7-13-28-19-8-4-3-5-9-19/h3-6,8-10,15,18,20H,7,11-14,16-17H2,1-2H3,(H2,23,24,25). The van der Waals surface area contributed by atoms with Crippen LogP contribution < -0.4 is 15.4 Å². The highest BCUT2D eigenvalue weighted by molar-refractivity contribution is 7.10. The molecule has 0 aliphatic carbocycles. The van der Waals surface area contributed by atoms with E-state index in [2.05, 4.69) is 45.0 Å². The van der Waals surface area contributed by atoms with E-state index in [0.717, 1.165) is 50.9 Å². The van der Waals surface area contributed by atoms with Gasteiger partial charge in [0.05, 0.1) is 25.4 Å². The van der Waals surface area contributed by atoms with Gasteiger partial charge in [-0.3, -0.25) is 9.89 Å². The lowest BCUT2D eigenvalue weighted by Crippen LogP contribution is -2.48. The van der Waals surface area contributed by atoms with Crippen LogP contribution in [0.5, 0.6) is 5.75 Å². The number of ether oxygens (including phenoxy) is 2. The van der Waals surface area contributed by atoms with Gasteiger partial charge in [0.15, 0.2) is 5.96 Å². The predicted molar refractivity (Wildman–Crippen MR) is 120 cm³/mol. The topological polar surface area (TPSA) is 58.1 Å². The maximum atomic E-state index is 5.74. The fourth-order valence-electron chi connectivity index (χ4n) is 3.42. The molecule has 2 N–H and O–H groups in total. The van der Waals surface area contributed by atoms with Gasteiger partial charge in [0.2, 0.25) is 0 Å². The monoisotopic (exact) mass is 416 g/mol. The first-order valence-corrected chi connectivity index (χ1v) is 11.2. The zero-order valence-electron chi connectivity index (χ0n) is 17.3. The Hall–Kier alpha value is -2.09. The second kappa shape index (κ2) is 11.8. The van der Waals surface area contributed by atoms with Crippen LogP contribution in [0.4, 0.5) is 0 Å². The van der Waals surface area contributed by atoms with Gasteiger partial charge < -0.3 is 20.1 Å². The van der Waals surface area contributed by atoms with E-state index in [4.69, 9.17) is 9.47 Å². The van der Waals surface area contributed by atoms with Crippen molar-refractivity contribution in [2.75, 3.05) is 46.4 Å². The highest BCUT2D eigenvalue weighted by Crippen LogP contribution is 2.26. The molecule has 2 unspecified atom stereocenters. The van der Waals surface area contributed by atoms with E-state index in [1.165, 1.54) is 4.88 Å². The molecule has 2 atom stereocenters. The van der Waals surface area contributed by atoms with Crippen molar-refractivity contribution in [1.82, 2.24) is 15.5 Å². The van der Waals surface area contributed by atoms with Crippen LogP contribution in [0.15, 0.2) is 52.8 Å². The minimum absolute atomic E-state index is 0.272. The van der Waals surface area contributed by atoms with Gasteiger partial charge in [-0.2, -0.15) is 0 Å². The molecular formula is C22H32N4O2S. The summed E-state index contributed by atoms with van der Waals surface area (Å²) in [5.41, 5.74) is 0. The van der Waals surface area contributed by atoms with Crippen molar-refractivity contribution in [3.05, 3.63) is 52.7 Å². The third-order valence-corrected chi connectivity index (χ3v) is 5.87. The normalized spacial score (nSPS) is 19.0. The highest BCUT2D eigenvalue weighted by Gasteiger charge is 2.26. The summed E-state index contributed by atoms with van der Waals surface area (Å²) in [6.45, 7) is 7.14.